The van der Waals surface area contributed by atoms with Gasteiger partial charge in [0, 0.05) is 6.42 Å². The third-order valence-corrected chi connectivity index (χ3v) is 3.69. The second-order valence-corrected chi connectivity index (χ2v) is 8.40. The number of hydrogen-bond acceptors (Lipinski definition) is 2. The highest BCUT2D eigenvalue weighted by Crippen LogP contribution is 2.24. The molecular formula is C19H34NO2+. The van der Waals surface area contributed by atoms with Crippen molar-refractivity contribution in [3.8, 4) is 5.75 Å². The van der Waals surface area contributed by atoms with E-state index >= 15 is 0 Å². The minimum atomic E-state index is -0.458. The third-order valence-electron chi connectivity index (χ3n) is 3.69. The van der Waals surface area contributed by atoms with E-state index in [-0.39, 0.29) is 5.54 Å². The van der Waals surface area contributed by atoms with Crippen LogP contribution in [0.4, 0.5) is 0 Å². The smallest absolute Gasteiger partial charge is 0.137 e. The number of hydrogen-bond donors (Lipinski definition) is 2. The Hall–Kier alpha value is -1.06. The highest BCUT2D eigenvalue weighted by atomic mass is 16.5. The fourth-order valence-electron chi connectivity index (χ4n) is 3.11. The Morgan fingerprint density at radius 1 is 1.14 bits per heavy atom. The van der Waals surface area contributed by atoms with Crippen LogP contribution >= 0.6 is 0 Å². The molecule has 3 nitrogen and oxygen atoms in total. The normalized spacial score (nSPS) is 14.0. The van der Waals surface area contributed by atoms with Crippen molar-refractivity contribution < 1.29 is 15.2 Å². The Kier molecular flexibility index (Phi) is 6.45. The van der Waals surface area contributed by atoms with Crippen LogP contribution < -0.4 is 10.1 Å². The van der Waals surface area contributed by atoms with Crippen LogP contribution in [0.3, 0.4) is 0 Å². The number of aliphatic hydroxyl groups excluding tert-OH is 1. The fourth-order valence-corrected chi connectivity index (χ4v) is 3.11. The van der Waals surface area contributed by atoms with Gasteiger partial charge in [0.25, 0.3) is 0 Å². The molecule has 1 rings (SSSR count). The van der Waals surface area contributed by atoms with Crippen molar-refractivity contribution in [3.05, 3.63) is 29.3 Å². The highest BCUT2D eigenvalue weighted by molar-refractivity contribution is 5.35. The number of quaternary nitrogens is 1. The lowest BCUT2D eigenvalue weighted by Gasteiger charge is -2.31. The summed E-state index contributed by atoms with van der Waals surface area (Å²) in [6.45, 7) is 16.3. The predicted molar refractivity (Wildman–Crippen MR) is 92.4 cm³/mol. The van der Waals surface area contributed by atoms with Crippen LogP contribution in [0.25, 0.3) is 0 Å². The standard InChI is InChI=1S/C19H33NO2/c1-14-8-9-17(15(2)10-14)22-12-16(21)11-20-19(6,7)13-18(3,4)5/h8-10,16,20-21H,11-13H2,1-7H3/p+1/t16-/m0/s1. The van der Waals surface area contributed by atoms with Crippen molar-refractivity contribution in [2.45, 2.75) is 66.5 Å². The molecule has 0 saturated carbocycles. The lowest BCUT2D eigenvalue weighted by molar-refractivity contribution is -0.727. The van der Waals surface area contributed by atoms with E-state index in [0.717, 1.165) is 17.7 Å². The van der Waals surface area contributed by atoms with Crippen molar-refractivity contribution in [1.82, 2.24) is 0 Å². The lowest BCUT2D eigenvalue weighted by Crippen LogP contribution is -2.97. The quantitative estimate of drug-likeness (QED) is 0.813. The van der Waals surface area contributed by atoms with Crippen LogP contribution in [-0.2, 0) is 0 Å². The molecule has 1 aromatic carbocycles. The molecule has 0 aromatic heterocycles. The molecule has 0 unspecified atom stereocenters. The van der Waals surface area contributed by atoms with E-state index in [1.807, 2.05) is 19.1 Å². The second kappa shape index (κ2) is 7.47. The predicted octanol–water partition coefficient (Wildman–Crippen LogP) is 2.82. The number of rotatable bonds is 7. The van der Waals surface area contributed by atoms with Gasteiger partial charge < -0.3 is 15.2 Å². The summed E-state index contributed by atoms with van der Waals surface area (Å²) in [5.41, 5.74) is 2.76. The molecule has 1 atom stereocenters. The molecule has 1 aromatic rings. The molecule has 22 heavy (non-hydrogen) atoms. The molecule has 3 N–H and O–H groups in total. The topological polar surface area (TPSA) is 46.1 Å². The summed E-state index contributed by atoms with van der Waals surface area (Å²) >= 11 is 0. The van der Waals surface area contributed by atoms with Crippen molar-refractivity contribution >= 4 is 0 Å². The Labute approximate surface area is 136 Å². The third kappa shape index (κ3) is 7.28. The van der Waals surface area contributed by atoms with E-state index in [0.29, 0.717) is 18.6 Å². The Balaban J connectivity index is 2.42. The molecule has 126 valence electrons. The number of aryl methyl sites for hydroxylation is 2. The maximum Gasteiger partial charge on any atom is 0.137 e. The van der Waals surface area contributed by atoms with Gasteiger partial charge in [-0.15, -0.1) is 0 Å². The average Bonchev–Trinajstić information content (AvgIpc) is 2.32. The van der Waals surface area contributed by atoms with Crippen molar-refractivity contribution in [2.24, 2.45) is 5.41 Å². The molecular weight excluding hydrogens is 274 g/mol. The molecule has 0 fully saturated rings. The molecule has 0 spiro atoms. The first-order chi connectivity index (χ1) is 9.98. The monoisotopic (exact) mass is 308 g/mol. The summed E-state index contributed by atoms with van der Waals surface area (Å²) in [6, 6.07) is 6.11. The first-order valence-corrected chi connectivity index (χ1v) is 8.21. The van der Waals surface area contributed by atoms with Gasteiger partial charge in [0.05, 0.1) is 5.54 Å². The van der Waals surface area contributed by atoms with Crippen LogP contribution in [0.15, 0.2) is 18.2 Å². The minimum Gasteiger partial charge on any atom is -0.490 e. The molecule has 0 heterocycles. The molecule has 0 amide bonds. The second-order valence-electron chi connectivity index (χ2n) is 8.40. The van der Waals surface area contributed by atoms with Gasteiger partial charge in [0.2, 0.25) is 0 Å². The number of benzene rings is 1. The molecule has 0 aliphatic carbocycles. The van der Waals surface area contributed by atoms with E-state index < -0.39 is 6.10 Å². The van der Waals surface area contributed by atoms with Crippen LogP contribution in [0, 0.1) is 19.3 Å². The van der Waals surface area contributed by atoms with Gasteiger partial charge in [-0.3, -0.25) is 0 Å². The van der Waals surface area contributed by atoms with Crippen LogP contribution in [0.2, 0.25) is 0 Å². The van der Waals surface area contributed by atoms with Gasteiger partial charge >= 0.3 is 0 Å². The van der Waals surface area contributed by atoms with Crippen LogP contribution in [-0.4, -0.2) is 29.9 Å². The molecule has 0 aliphatic heterocycles. The SMILES string of the molecule is Cc1ccc(OC[C@@H](O)C[NH2+]C(C)(C)CC(C)(C)C)c(C)c1. The molecule has 0 bridgehead atoms. The van der Waals surface area contributed by atoms with Gasteiger partial charge in [-0.1, -0.05) is 38.5 Å². The van der Waals surface area contributed by atoms with Crippen LogP contribution in [0.1, 0.15) is 52.2 Å². The maximum absolute atomic E-state index is 10.2. The Bertz CT molecular complexity index is 475. The molecule has 0 saturated heterocycles. The number of ether oxygens (including phenoxy) is 1. The van der Waals surface area contributed by atoms with Gasteiger partial charge in [-0.05, 0) is 44.7 Å². The molecule has 0 radical (unpaired) electrons. The Morgan fingerprint density at radius 2 is 1.77 bits per heavy atom. The largest absolute Gasteiger partial charge is 0.490 e. The van der Waals surface area contributed by atoms with Gasteiger partial charge in [-0.2, -0.15) is 0 Å². The summed E-state index contributed by atoms with van der Waals surface area (Å²) in [7, 11) is 0. The van der Waals surface area contributed by atoms with Crippen molar-refractivity contribution in [3.63, 3.8) is 0 Å². The zero-order chi connectivity index (χ0) is 17.0. The van der Waals surface area contributed by atoms with Gasteiger partial charge in [-0.25, -0.2) is 0 Å². The van der Waals surface area contributed by atoms with E-state index in [9.17, 15) is 5.11 Å². The van der Waals surface area contributed by atoms with E-state index in [4.69, 9.17) is 4.74 Å². The summed E-state index contributed by atoms with van der Waals surface area (Å²) in [5.74, 6) is 0.860. The zero-order valence-corrected chi connectivity index (χ0v) is 15.4. The van der Waals surface area contributed by atoms with Crippen LogP contribution in [0.5, 0.6) is 5.75 Å². The van der Waals surface area contributed by atoms with E-state index in [2.05, 4.69) is 52.9 Å². The van der Waals surface area contributed by atoms with Crippen molar-refractivity contribution in [1.29, 1.82) is 0 Å². The van der Waals surface area contributed by atoms with Gasteiger partial charge in [0.15, 0.2) is 0 Å². The average molecular weight is 308 g/mol. The molecule has 3 heteroatoms. The van der Waals surface area contributed by atoms with E-state index in [1.54, 1.807) is 0 Å². The minimum absolute atomic E-state index is 0.124. The zero-order valence-electron chi connectivity index (χ0n) is 15.4. The Morgan fingerprint density at radius 3 is 2.32 bits per heavy atom. The highest BCUT2D eigenvalue weighted by Gasteiger charge is 2.29. The summed E-state index contributed by atoms with van der Waals surface area (Å²) in [5, 5.41) is 12.4. The van der Waals surface area contributed by atoms with Gasteiger partial charge in [0.1, 0.15) is 25.0 Å². The number of nitrogens with two attached hydrogens (primary N) is 1. The number of aliphatic hydroxyl groups is 1. The molecule has 0 aliphatic rings. The first-order valence-electron chi connectivity index (χ1n) is 8.21. The summed E-state index contributed by atoms with van der Waals surface area (Å²) in [6.07, 6.45) is 0.643. The van der Waals surface area contributed by atoms with Crippen molar-refractivity contribution in [2.75, 3.05) is 13.2 Å². The summed E-state index contributed by atoms with van der Waals surface area (Å²) < 4.78 is 5.75. The fraction of sp³-hybridized carbons (Fsp3) is 0.684. The maximum atomic E-state index is 10.2. The lowest BCUT2D eigenvalue weighted by atomic mass is 9.82. The summed E-state index contributed by atoms with van der Waals surface area (Å²) in [4.78, 5) is 0. The van der Waals surface area contributed by atoms with E-state index in [1.165, 1.54) is 5.56 Å². The first kappa shape index (κ1) is 19.0.